The summed E-state index contributed by atoms with van der Waals surface area (Å²) < 4.78 is 0. The minimum absolute atomic E-state index is 0.510. The van der Waals surface area contributed by atoms with Crippen LogP contribution in [0, 0.1) is 12.8 Å². The largest absolute Gasteiger partial charge is 0.349 e. The molecule has 1 aromatic heterocycles. The van der Waals surface area contributed by atoms with Crippen molar-refractivity contribution in [2.75, 3.05) is 6.54 Å². The first-order valence-corrected chi connectivity index (χ1v) is 7.11. The van der Waals surface area contributed by atoms with E-state index in [1.54, 1.807) is 0 Å². The molecule has 1 aliphatic carbocycles. The third-order valence-electron chi connectivity index (χ3n) is 3.81. The second-order valence-electron chi connectivity index (χ2n) is 5.47. The second kappa shape index (κ2) is 5.57. The average Bonchev–Trinajstić information content (AvgIpc) is 3.13. The Bertz CT molecular complexity index is 497. The lowest BCUT2D eigenvalue weighted by molar-refractivity contribution is 0.482. The molecule has 0 amide bonds. The normalized spacial score (nSPS) is 16.5. The number of aromatic nitrogens is 2. The maximum absolute atomic E-state index is 4.26. The fourth-order valence-corrected chi connectivity index (χ4v) is 2.54. The van der Waals surface area contributed by atoms with Crippen LogP contribution in [0.3, 0.4) is 0 Å². The highest BCUT2D eigenvalue weighted by molar-refractivity contribution is 5.25. The number of hydrogen-bond donors (Lipinski definition) is 2. The number of aryl methyl sites for hydroxylation is 1. The van der Waals surface area contributed by atoms with Crippen molar-refractivity contribution in [3.05, 3.63) is 53.6 Å². The minimum atomic E-state index is 0.510. The van der Waals surface area contributed by atoms with Crippen molar-refractivity contribution in [1.29, 1.82) is 0 Å². The molecule has 1 aliphatic rings. The van der Waals surface area contributed by atoms with E-state index in [1.807, 2.05) is 12.4 Å². The fourth-order valence-electron chi connectivity index (χ4n) is 2.54. The Hall–Kier alpha value is -1.61. The van der Waals surface area contributed by atoms with E-state index < -0.39 is 0 Å². The van der Waals surface area contributed by atoms with Crippen LogP contribution >= 0.6 is 0 Å². The molecule has 0 aliphatic heterocycles. The zero-order valence-corrected chi connectivity index (χ0v) is 11.4. The van der Waals surface area contributed by atoms with Gasteiger partial charge in [0.2, 0.25) is 0 Å². The monoisotopic (exact) mass is 255 g/mol. The Morgan fingerprint density at radius 1 is 1.32 bits per heavy atom. The first kappa shape index (κ1) is 12.4. The molecule has 19 heavy (non-hydrogen) atoms. The highest BCUT2D eigenvalue weighted by atomic mass is 14.9. The zero-order chi connectivity index (χ0) is 13.1. The van der Waals surface area contributed by atoms with Crippen molar-refractivity contribution in [1.82, 2.24) is 15.3 Å². The van der Waals surface area contributed by atoms with E-state index in [2.05, 4.69) is 46.5 Å². The zero-order valence-electron chi connectivity index (χ0n) is 11.4. The molecular weight excluding hydrogens is 234 g/mol. The number of nitrogens with zero attached hydrogens (tertiary/aromatic N) is 1. The van der Waals surface area contributed by atoms with Gasteiger partial charge in [-0.05, 0) is 31.2 Å². The van der Waals surface area contributed by atoms with E-state index >= 15 is 0 Å². The molecule has 2 N–H and O–H groups in total. The molecule has 1 heterocycles. The molecule has 0 radical (unpaired) electrons. The van der Waals surface area contributed by atoms with Gasteiger partial charge in [-0.25, -0.2) is 4.98 Å². The molecule has 3 nitrogen and oxygen atoms in total. The minimum Gasteiger partial charge on any atom is -0.349 e. The number of benzene rings is 1. The summed E-state index contributed by atoms with van der Waals surface area (Å²) in [5.41, 5.74) is 2.75. The summed E-state index contributed by atoms with van der Waals surface area (Å²) in [6, 6.07) is 9.45. The van der Waals surface area contributed by atoms with Gasteiger partial charge >= 0.3 is 0 Å². The quantitative estimate of drug-likeness (QED) is 0.833. The highest BCUT2D eigenvalue weighted by Gasteiger charge is 2.31. The molecule has 0 saturated heterocycles. The van der Waals surface area contributed by atoms with Crippen molar-refractivity contribution in [2.24, 2.45) is 5.92 Å². The van der Waals surface area contributed by atoms with E-state index in [0.29, 0.717) is 6.04 Å². The summed E-state index contributed by atoms with van der Waals surface area (Å²) in [5.74, 6) is 1.88. The van der Waals surface area contributed by atoms with Gasteiger partial charge in [-0.3, -0.25) is 0 Å². The topological polar surface area (TPSA) is 40.7 Å². The predicted molar refractivity (Wildman–Crippen MR) is 76.9 cm³/mol. The van der Waals surface area contributed by atoms with Gasteiger partial charge in [0.1, 0.15) is 5.82 Å². The van der Waals surface area contributed by atoms with E-state index in [9.17, 15) is 0 Å². The van der Waals surface area contributed by atoms with E-state index in [0.717, 1.165) is 24.7 Å². The molecule has 1 fully saturated rings. The molecule has 1 aromatic carbocycles. The number of nitrogens with one attached hydrogen (secondary N) is 2. The number of H-pyrrole nitrogens is 1. The van der Waals surface area contributed by atoms with Gasteiger partial charge in [-0.15, -0.1) is 0 Å². The maximum atomic E-state index is 4.26. The molecule has 0 spiro atoms. The van der Waals surface area contributed by atoms with Gasteiger partial charge in [-0.1, -0.05) is 29.8 Å². The fraction of sp³-hybridized carbons (Fsp3) is 0.438. The van der Waals surface area contributed by atoms with Crippen molar-refractivity contribution in [3.8, 4) is 0 Å². The molecule has 1 unspecified atom stereocenters. The highest BCUT2D eigenvalue weighted by Crippen LogP contribution is 2.40. The second-order valence-corrected chi connectivity index (χ2v) is 5.47. The van der Waals surface area contributed by atoms with Crippen LogP contribution in [0.4, 0.5) is 0 Å². The van der Waals surface area contributed by atoms with Gasteiger partial charge in [0.25, 0.3) is 0 Å². The Labute approximate surface area is 114 Å². The van der Waals surface area contributed by atoms with Crippen LogP contribution in [0.1, 0.15) is 35.8 Å². The van der Waals surface area contributed by atoms with E-state index in [-0.39, 0.29) is 0 Å². The molecular formula is C16H21N3. The van der Waals surface area contributed by atoms with Crippen molar-refractivity contribution in [2.45, 2.75) is 32.2 Å². The standard InChI is InChI=1S/C16H21N3/c1-12-2-4-13(5-3-12)16(14-6-7-14)19-9-8-15-17-10-11-18-15/h2-5,10-11,14,16,19H,6-9H2,1H3,(H,17,18). The maximum Gasteiger partial charge on any atom is 0.107 e. The Balaban J connectivity index is 1.60. The summed E-state index contributed by atoms with van der Waals surface area (Å²) >= 11 is 0. The molecule has 3 rings (SSSR count). The van der Waals surface area contributed by atoms with Crippen LogP contribution in [0.15, 0.2) is 36.7 Å². The third kappa shape index (κ3) is 3.24. The van der Waals surface area contributed by atoms with Gasteiger partial charge in [-0.2, -0.15) is 0 Å². The van der Waals surface area contributed by atoms with Gasteiger partial charge in [0.15, 0.2) is 0 Å². The lowest BCUT2D eigenvalue weighted by atomic mass is 10.0. The molecule has 1 atom stereocenters. The van der Waals surface area contributed by atoms with Gasteiger partial charge in [0, 0.05) is 31.4 Å². The van der Waals surface area contributed by atoms with E-state index in [4.69, 9.17) is 0 Å². The van der Waals surface area contributed by atoms with Crippen LogP contribution in [0.25, 0.3) is 0 Å². The average molecular weight is 255 g/mol. The van der Waals surface area contributed by atoms with Crippen molar-refractivity contribution >= 4 is 0 Å². The van der Waals surface area contributed by atoms with Gasteiger partial charge < -0.3 is 10.3 Å². The third-order valence-corrected chi connectivity index (χ3v) is 3.81. The summed E-state index contributed by atoms with van der Waals surface area (Å²) in [6.45, 7) is 3.11. The van der Waals surface area contributed by atoms with Gasteiger partial charge in [0.05, 0.1) is 0 Å². The van der Waals surface area contributed by atoms with Crippen LogP contribution < -0.4 is 5.32 Å². The lowest BCUT2D eigenvalue weighted by Gasteiger charge is -2.18. The SMILES string of the molecule is Cc1ccc(C(NCCc2ncc[nH]2)C2CC2)cc1. The molecule has 3 heteroatoms. The Morgan fingerprint density at radius 3 is 2.74 bits per heavy atom. The number of imidazole rings is 1. The molecule has 0 bridgehead atoms. The van der Waals surface area contributed by atoms with Crippen LogP contribution in [-0.4, -0.2) is 16.5 Å². The number of aromatic amines is 1. The Morgan fingerprint density at radius 2 is 2.11 bits per heavy atom. The van der Waals surface area contributed by atoms with Crippen molar-refractivity contribution < 1.29 is 0 Å². The number of hydrogen-bond acceptors (Lipinski definition) is 2. The lowest BCUT2D eigenvalue weighted by Crippen LogP contribution is -2.25. The van der Waals surface area contributed by atoms with Crippen LogP contribution in [-0.2, 0) is 6.42 Å². The first-order chi connectivity index (χ1) is 9.33. The Kier molecular flexibility index (Phi) is 3.65. The van der Waals surface area contributed by atoms with Crippen LogP contribution in [0.2, 0.25) is 0 Å². The van der Waals surface area contributed by atoms with E-state index in [1.165, 1.54) is 24.0 Å². The first-order valence-electron chi connectivity index (χ1n) is 7.11. The van der Waals surface area contributed by atoms with Crippen LogP contribution in [0.5, 0.6) is 0 Å². The summed E-state index contributed by atoms with van der Waals surface area (Å²) in [5, 5.41) is 3.70. The summed E-state index contributed by atoms with van der Waals surface area (Å²) in [7, 11) is 0. The smallest absolute Gasteiger partial charge is 0.107 e. The number of rotatable bonds is 6. The van der Waals surface area contributed by atoms with Crippen molar-refractivity contribution in [3.63, 3.8) is 0 Å². The summed E-state index contributed by atoms with van der Waals surface area (Å²) in [6.07, 6.45) is 7.36. The molecule has 2 aromatic rings. The molecule has 1 saturated carbocycles. The summed E-state index contributed by atoms with van der Waals surface area (Å²) in [4.78, 5) is 7.41. The molecule has 100 valence electrons. The predicted octanol–water partition coefficient (Wildman–Crippen LogP) is 3.00.